The van der Waals surface area contributed by atoms with E-state index in [9.17, 15) is 0 Å². The quantitative estimate of drug-likeness (QED) is 0.123. The lowest BCUT2D eigenvalue weighted by atomic mass is 9.82. The first-order valence-electron chi connectivity index (χ1n) is 16.4. The molecule has 0 radical (unpaired) electrons. The summed E-state index contributed by atoms with van der Waals surface area (Å²) >= 11 is 0. The fourth-order valence-corrected chi connectivity index (χ4v) is 8.69. The predicted molar refractivity (Wildman–Crippen MR) is 201 cm³/mol. The van der Waals surface area contributed by atoms with E-state index < -0.39 is 0 Å². The van der Waals surface area contributed by atoms with Gasteiger partial charge >= 0.3 is 0 Å². The Balaban J connectivity index is 1.27. The van der Waals surface area contributed by atoms with Crippen LogP contribution in [0.15, 0.2) is 127 Å². The Morgan fingerprint density at radius 2 is 0.804 bits per heavy atom. The molecule has 0 N–H and O–H groups in total. The van der Waals surface area contributed by atoms with Crippen LogP contribution in [0.25, 0.3) is 108 Å². The van der Waals surface area contributed by atoms with Gasteiger partial charge < -0.3 is 0 Å². The molecule has 0 bridgehead atoms. The van der Waals surface area contributed by atoms with Crippen LogP contribution in [0.2, 0.25) is 0 Å². The highest BCUT2D eigenvalue weighted by molar-refractivity contribution is 6.33. The molecule has 1 aliphatic rings. The molecule has 0 aromatic heterocycles. The molecule has 0 heteroatoms. The number of hydrogen-bond donors (Lipinski definition) is 0. The van der Waals surface area contributed by atoms with Gasteiger partial charge in [0.15, 0.2) is 0 Å². The van der Waals surface area contributed by atoms with Crippen molar-refractivity contribution in [2.24, 2.45) is 0 Å². The van der Waals surface area contributed by atoms with Crippen LogP contribution in [0.4, 0.5) is 0 Å². The fraction of sp³-hybridized carbons (Fsp3) is 0.0870. The zero-order valence-electron chi connectivity index (χ0n) is 26.1. The molecule has 46 heavy (non-hydrogen) atoms. The van der Waals surface area contributed by atoms with Crippen molar-refractivity contribution < 1.29 is 0 Å². The van der Waals surface area contributed by atoms with Gasteiger partial charge in [0.1, 0.15) is 0 Å². The van der Waals surface area contributed by atoms with Gasteiger partial charge in [0.2, 0.25) is 0 Å². The van der Waals surface area contributed by atoms with Crippen molar-refractivity contribution in [2.45, 2.75) is 26.2 Å². The van der Waals surface area contributed by atoms with Crippen molar-refractivity contribution in [3.8, 4) is 22.3 Å². The van der Waals surface area contributed by atoms with Crippen LogP contribution >= 0.6 is 0 Å². The van der Waals surface area contributed by atoms with Crippen molar-refractivity contribution >= 4 is 86.2 Å². The average Bonchev–Trinajstić information content (AvgIpc) is 3.38. The summed E-state index contributed by atoms with van der Waals surface area (Å²) in [6.45, 7) is 6.95. The maximum Gasteiger partial charge on any atom is -0.00137 e. The van der Waals surface area contributed by atoms with E-state index in [0.717, 1.165) is 0 Å². The van der Waals surface area contributed by atoms with Crippen LogP contribution in [-0.4, -0.2) is 0 Å². The number of hydrogen-bond acceptors (Lipinski definition) is 0. The van der Waals surface area contributed by atoms with E-state index in [1.54, 1.807) is 0 Å². The first-order chi connectivity index (χ1) is 22.4. The third-order valence-corrected chi connectivity index (χ3v) is 10.9. The summed E-state index contributed by atoms with van der Waals surface area (Å²) in [5, 5.41) is 21.4. The van der Waals surface area contributed by atoms with Crippen molar-refractivity contribution in [1.29, 1.82) is 0 Å². The standard InChI is InChI=1S/C46H30/c1-46(2,3)32-16-28-13-12-25-14-15-35-38-21-29-20-37-34-11-7-6-10-33(34)36-18-26-8-4-5-9-27(26)19-39(36)40(37)22-30(29)23-41(38)42-24-31(17-32)43(28)44(25)45(35)42/h4-24H,1-3H3. The summed E-state index contributed by atoms with van der Waals surface area (Å²) in [4.78, 5) is 0. The molecule has 1 aliphatic carbocycles. The molecule has 214 valence electrons. The molecule has 0 heterocycles. The lowest BCUT2D eigenvalue weighted by molar-refractivity contribution is 0.591. The number of fused-ring (bicyclic) bond motifs is 11. The van der Waals surface area contributed by atoms with Gasteiger partial charge in [-0.2, -0.15) is 0 Å². The lowest BCUT2D eigenvalue weighted by Crippen LogP contribution is -2.10. The van der Waals surface area contributed by atoms with Crippen LogP contribution in [-0.2, 0) is 5.41 Å². The van der Waals surface area contributed by atoms with E-state index in [-0.39, 0.29) is 5.41 Å². The number of benzene rings is 10. The van der Waals surface area contributed by atoms with E-state index in [1.165, 1.54) is 114 Å². The van der Waals surface area contributed by atoms with Gasteiger partial charge in [0, 0.05) is 0 Å². The summed E-state index contributed by atoms with van der Waals surface area (Å²) in [5.74, 6) is 0. The Labute approximate surface area is 266 Å². The Hall–Kier alpha value is -5.46. The molecule has 0 unspecified atom stereocenters. The molecule has 0 saturated heterocycles. The first-order valence-corrected chi connectivity index (χ1v) is 16.4. The highest BCUT2D eigenvalue weighted by Crippen LogP contribution is 2.53. The van der Waals surface area contributed by atoms with E-state index in [2.05, 4.69) is 148 Å². The zero-order chi connectivity index (χ0) is 30.5. The van der Waals surface area contributed by atoms with Gasteiger partial charge in [-0.05, 0) is 162 Å². The van der Waals surface area contributed by atoms with Gasteiger partial charge in [0.25, 0.3) is 0 Å². The lowest BCUT2D eigenvalue weighted by Gasteiger charge is -2.22. The van der Waals surface area contributed by atoms with E-state index in [4.69, 9.17) is 0 Å². The summed E-state index contributed by atoms with van der Waals surface area (Å²) in [6.07, 6.45) is 0. The molecule has 10 aromatic rings. The Morgan fingerprint density at radius 3 is 1.46 bits per heavy atom. The van der Waals surface area contributed by atoms with Crippen LogP contribution in [0.1, 0.15) is 26.3 Å². The van der Waals surface area contributed by atoms with E-state index in [0.29, 0.717) is 0 Å². The summed E-state index contributed by atoms with van der Waals surface area (Å²) in [6, 6.07) is 49.0. The van der Waals surface area contributed by atoms with Crippen molar-refractivity contribution in [3.05, 3.63) is 133 Å². The second kappa shape index (κ2) is 8.22. The van der Waals surface area contributed by atoms with Gasteiger partial charge in [-0.25, -0.2) is 0 Å². The first kappa shape index (κ1) is 24.8. The molecule has 11 rings (SSSR count). The van der Waals surface area contributed by atoms with Crippen molar-refractivity contribution in [2.75, 3.05) is 0 Å². The predicted octanol–water partition coefficient (Wildman–Crippen LogP) is 13.3. The van der Waals surface area contributed by atoms with Crippen LogP contribution in [0.3, 0.4) is 0 Å². The van der Waals surface area contributed by atoms with Crippen molar-refractivity contribution in [1.82, 2.24) is 0 Å². The average molecular weight is 583 g/mol. The van der Waals surface area contributed by atoms with Crippen LogP contribution in [0.5, 0.6) is 0 Å². The zero-order valence-corrected chi connectivity index (χ0v) is 26.1. The highest BCUT2D eigenvalue weighted by atomic mass is 14.3. The molecule has 0 aliphatic heterocycles. The van der Waals surface area contributed by atoms with Crippen LogP contribution < -0.4 is 0 Å². The minimum Gasteiger partial charge on any atom is -0.0616 e. The minimum absolute atomic E-state index is 0.0867. The van der Waals surface area contributed by atoms with Crippen LogP contribution in [0, 0.1) is 0 Å². The van der Waals surface area contributed by atoms with E-state index >= 15 is 0 Å². The van der Waals surface area contributed by atoms with Gasteiger partial charge in [-0.1, -0.05) is 106 Å². The molecule has 0 spiro atoms. The summed E-state index contributed by atoms with van der Waals surface area (Å²) in [7, 11) is 0. The van der Waals surface area contributed by atoms with Gasteiger partial charge in [-0.3, -0.25) is 0 Å². The molecule has 0 atom stereocenters. The second-order valence-corrected chi connectivity index (χ2v) is 14.6. The summed E-state index contributed by atoms with van der Waals surface area (Å²) in [5.41, 5.74) is 6.92. The third kappa shape index (κ3) is 3.09. The SMILES string of the molecule is CC(C)(C)c1cc2ccc3ccc4c5c(cc(c1)c2c35)-c1cc2cc3c(cc2cc1-4)c1ccccc1c1cc2ccccc2cc13. The summed E-state index contributed by atoms with van der Waals surface area (Å²) < 4.78 is 0. The maximum absolute atomic E-state index is 2.48. The molecule has 0 nitrogen and oxygen atoms in total. The second-order valence-electron chi connectivity index (χ2n) is 14.6. The smallest absolute Gasteiger partial charge is 0.00137 e. The maximum atomic E-state index is 2.48. The Kier molecular flexibility index (Phi) is 4.43. The fourth-order valence-electron chi connectivity index (χ4n) is 8.69. The largest absolute Gasteiger partial charge is 0.0616 e. The third-order valence-electron chi connectivity index (χ3n) is 10.9. The van der Waals surface area contributed by atoms with E-state index in [1.807, 2.05) is 0 Å². The van der Waals surface area contributed by atoms with Gasteiger partial charge in [-0.15, -0.1) is 0 Å². The topological polar surface area (TPSA) is 0 Å². The minimum atomic E-state index is 0.0867. The number of rotatable bonds is 0. The highest BCUT2D eigenvalue weighted by Gasteiger charge is 2.26. The molecule has 0 fully saturated rings. The Morgan fingerprint density at radius 1 is 0.304 bits per heavy atom. The molecule has 0 saturated carbocycles. The van der Waals surface area contributed by atoms with Gasteiger partial charge in [0.05, 0.1) is 0 Å². The molecular weight excluding hydrogens is 553 g/mol. The molecule has 0 amide bonds. The van der Waals surface area contributed by atoms with Crippen molar-refractivity contribution in [3.63, 3.8) is 0 Å². The molecular formula is C46H30. The monoisotopic (exact) mass is 582 g/mol. The Bertz CT molecular complexity index is 2980. The normalized spacial score (nSPS) is 13.1. The molecule has 10 aromatic carbocycles.